The molecule has 0 bridgehead atoms. The summed E-state index contributed by atoms with van der Waals surface area (Å²) in [6.45, 7) is 4.43. The van der Waals surface area contributed by atoms with Crippen LogP contribution in [0.25, 0.3) is 0 Å². The monoisotopic (exact) mass is 216 g/mol. The first-order chi connectivity index (χ1) is 7.06. The van der Waals surface area contributed by atoms with Gasteiger partial charge >= 0.3 is 0 Å². The molecule has 1 unspecified atom stereocenters. The second kappa shape index (κ2) is 8.49. The first-order valence-electron chi connectivity index (χ1n) is 5.26. The van der Waals surface area contributed by atoms with E-state index in [1.165, 1.54) is 0 Å². The van der Waals surface area contributed by atoms with Crippen LogP contribution in [0.5, 0.6) is 0 Å². The van der Waals surface area contributed by atoms with Crippen LogP contribution < -0.4 is 11.1 Å². The van der Waals surface area contributed by atoms with Crippen LogP contribution in [0.3, 0.4) is 0 Å². The van der Waals surface area contributed by atoms with E-state index in [0.717, 1.165) is 19.5 Å². The molecule has 0 saturated carbocycles. The molecule has 3 N–H and O–H groups in total. The number of hydrogen-bond donors (Lipinski definition) is 2. The van der Waals surface area contributed by atoms with Crippen molar-refractivity contribution in [2.75, 3.05) is 40.9 Å². The van der Waals surface area contributed by atoms with Crippen LogP contribution >= 0.6 is 0 Å². The van der Waals surface area contributed by atoms with Crippen LogP contribution in [0.2, 0.25) is 0 Å². The lowest BCUT2D eigenvalue weighted by Gasteiger charge is -2.13. The fraction of sp³-hybridized carbons (Fsp3) is 0.900. The second-order valence-corrected chi connectivity index (χ2v) is 3.92. The number of nitrogens with one attached hydrogen (secondary N) is 1. The van der Waals surface area contributed by atoms with Gasteiger partial charge in [-0.25, -0.2) is 0 Å². The molecule has 0 aromatic rings. The minimum absolute atomic E-state index is 0.201. The molecule has 0 radical (unpaired) electrons. The van der Waals surface area contributed by atoms with Gasteiger partial charge in [0, 0.05) is 19.7 Å². The number of methoxy groups -OCH3 is 1. The molecule has 0 saturated heterocycles. The van der Waals surface area contributed by atoms with Gasteiger partial charge in [0.15, 0.2) is 5.96 Å². The average molecular weight is 216 g/mol. The smallest absolute Gasteiger partial charge is 0.188 e. The lowest BCUT2D eigenvalue weighted by molar-refractivity contribution is 0.179. The predicted molar refractivity (Wildman–Crippen MR) is 64.1 cm³/mol. The number of guanidine groups is 1. The summed E-state index contributed by atoms with van der Waals surface area (Å²) in [7, 11) is 5.76. The standard InChI is InChI=1S/C10H24N4O/c1-9(8-15-4)13-10(11)12-6-5-7-14(2)3/h9H,5-8H2,1-4H3,(H3,11,12,13). The van der Waals surface area contributed by atoms with Crippen molar-refractivity contribution in [2.45, 2.75) is 19.4 Å². The summed E-state index contributed by atoms with van der Waals surface area (Å²) >= 11 is 0. The van der Waals surface area contributed by atoms with Gasteiger partial charge in [-0.1, -0.05) is 0 Å². The van der Waals surface area contributed by atoms with E-state index < -0.39 is 0 Å². The molecule has 0 amide bonds. The normalized spacial score (nSPS) is 14.3. The minimum atomic E-state index is 0.201. The zero-order chi connectivity index (χ0) is 11.7. The van der Waals surface area contributed by atoms with Gasteiger partial charge in [-0.3, -0.25) is 4.99 Å². The van der Waals surface area contributed by atoms with Crippen LogP contribution in [-0.4, -0.2) is 57.8 Å². The Bertz CT molecular complexity index is 182. The van der Waals surface area contributed by atoms with E-state index in [1.807, 2.05) is 21.0 Å². The van der Waals surface area contributed by atoms with Crippen molar-refractivity contribution < 1.29 is 4.74 Å². The Morgan fingerprint density at radius 1 is 1.53 bits per heavy atom. The van der Waals surface area contributed by atoms with Gasteiger partial charge in [-0.2, -0.15) is 0 Å². The van der Waals surface area contributed by atoms with E-state index in [1.54, 1.807) is 7.11 Å². The molecule has 0 aliphatic rings. The predicted octanol–water partition coefficient (Wildman–Crippen LogP) is -0.123. The topological polar surface area (TPSA) is 62.9 Å². The summed E-state index contributed by atoms with van der Waals surface area (Å²) in [5.41, 5.74) is 5.69. The molecule has 1 atom stereocenters. The van der Waals surface area contributed by atoms with Crippen LogP contribution in [0.4, 0.5) is 0 Å². The highest BCUT2D eigenvalue weighted by Gasteiger charge is 2.00. The molecule has 15 heavy (non-hydrogen) atoms. The molecule has 90 valence electrons. The largest absolute Gasteiger partial charge is 0.383 e. The van der Waals surface area contributed by atoms with Crippen molar-refractivity contribution in [3.63, 3.8) is 0 Å². The van der Waals surface area contributed by atoms with Crippen molar-refractivity contribution in [1.82, 2.24) is 10.2 Å². The van der Waals surface area contributed by atoms with E-state index in [0.29, 0.717) is 12.6 Å². The number of nitrogens with zero attached hydrogens (tertiary/aromatic N) is 2. The number of rotatable bonds is 7. The quantitative estimate of drug-likeness (QED) is 0.354. The molecule has 0 aliphatic heterocycles. The van der Waals surface area contributed by atoms with Crippen LogP contribution in [-0.2, 0) is 4.74 Å². The summed E-state index contributed by atoms with van der Waals surface area (Å²) in [6.07, 6.45) is 1.02. The van der Waals surface area contributed by atoms with Crippen molar-refractivity contribution in [3.8, 4) is 0 Å². The Balaban J connectivity index is 3.60. The minimum Gasteiger partial charge on any atom is -0.383 e. The molecule has 0 aromatic carbocycles. The van der Waals surface area contributed by atoms with Crippen LogP contribution in [0, 0.1) is 0 Å². The van der Waals surface area contributed by atoms with Gasteiger partial charge < -0.3 is 20.7 Å². The maximum atomic E-state index is 5.69. The average Bonchev–Trinajstić information content (AvgIpc) is 2.12. The van der Waals surface area contributed by atoms with Crippen molar-refractivity contribution >= 4 is 5.96 Å². The highest BCUT2D eigenvalue weighted by molar-refractivity contribution is 5.78. The molecule has 0 aromatic heterocycles. The second-order valence-electron chi connectivity index (χ2n) is 3.92. The van der Waals surface area contributed by atoms with Crippen molar-refractivity contribution in [2.24, 2.45) is 10.7 Å². The van der Waals surface area contributed by atoms with Crippen molar-refractivity contribution in [1.29, 1.82) is 0 Å². The third kappa shape index (κ3) is 9.49. The fourth-order valence-electron chi connectivity index (χ4n) is 1.18. The number of nitrogens with two attached hydrogens (primary N) is 1. The molecule has 5 nitrogen and oxygen atoms in total. The Labute approximate surface area is 92.7 Å². The molecular weight excluding hydrogens is 192 g/mol. The summed E-state index contributed by atoms with van der Waals surface area (Å²) < 4.78 is 4.98. The van der Waals surface area contributed by atoms with Gasteiger partial charge in [-0.05, 0) is 34.0 Å². The van der Waals surface area contributed by atoms with Gasteiger partial charge in [0.25, 0.3) is 0 Å². The molecule has 0 spiro atoms. The summed E-state index contributed by atoms with van der Waals surface area (Å²) in [5, 5.41) is 3.06. The van der Waals surface area contributed by atoms with E-state index in [4.69, 9.17) is 10.5 Å². The highest BCUT2D eigenvalue weighted by Crippen LogP contribution is 1.85. The Morgan fingerprint density at radius 3 is 2.73 bits per heavy atom. The molecule has 0 rings (SSSR count). The van der Waals surface area contributed by atoms with E-state index in [-0.39, 0.29) is 6.04 Å². The van der Waals surface area contributed by atoms with E-state index in [2.05, 4.69) is 15.2 Å². The summed E-state index contributed by atoms with van der Waals surface area (Å²) in [4.78, 5) is 6.35. The molecule has 0 aliphatic carbocycles. The van der Waals surface area contributed by atoms with Gasteiger partial charge in [-0.15, -0.1) is 0 Å². The number of aliphatic imine (C=N–C) groups is 1. The Kier molecular flexibility index (Phi) is 8.04. The number of ether oxygens (including phenoxy) is 1. The van der Waals surface area contributed by atoms with Gasteiger partial charge in [0.2, 0.25) is 0 Å². The molecule has 5 heteroatoms. The maximum absolute atomic E-state index is 5.69. The van der Waals surface area contributed by atoms with Crippen molar-refractivity contribution in [3.05, 3.63) is 0 Å². The molecule has 0 fully saturated rings. The van der Waals surface area contributed by atoms with E-state index >= 15 is 0 Å². The summed E-state index contributed by atoms with van der Waals surface area (Å²) in [6, 6.07) is 0.201. The van der Waals surface area contributed by atoms with Crippen LogP contribution in [0.15, 0.2) is 4.99 Å². The molecular formula is C10H24N4O. The lowest BCUT2D eigenvalue weighted by Crippen LogP contribution is -2.40. The third-order valence-corrected chi connectivity index (χ3v) is 1.86. The molecule has 0 heterocycles. The summed E-state index contributed by atoms with van der Waals surface area (Å²) in [5.74, 6) is 0.498. The third-order valence-electron chi connectivity index (χ3n) is 1.86. The first kappa shape index (κ1) is 14.2. The highest BCUT2D eigenvalue weighted by atomic mass is 16.5. The van der Waals surface area contributed by atoms with Gasteiger partial charge in [0.05, 0.1) is 6.61 Å². The van der Waals surface area contributed by atoms with E-state index in [9.17, 15) is 0 Å². The maximum Gasteiger partial charge on any atom is 0.188 e. The SMILES string of the molecule is COCC(C)NC(N)=NCCCN(C)C. The lowest BCUT2D eigenvalue weighted by atomic mass is 10.4. The van der Waals surface area contributed by atoms with Crippen LogP contribution in [0.1, 0.15) is 13.3 Å². The number of hydrogen-bond acceptors (Lipinski definition) is 3. The zero-order valence-electron chi connectivity index (χ0n) is 10.3. The Morgan fingerprint density at radius 2 is 2.20 bits per heavy atom. The fourth-order valence-corrected chi connectivity index (χ4v) is 1.18. The zero-order valence-corrected chi connectivity index (χ0v) is 10.3. The Hall–Kier alpha value is -0.810. The van der Waals surface area contributed by atoms with Gasteiger partial charge in [0.1, 0.15) is 0 Å². The first-order valence-corrected chi connectivity index (χ1v) is 5.26.